The molecule has 2 atom stereocenters. The minimum absolute atomic E-state index is 0.376. The molecule has 14 heavy (non-hydrogen) atoms. The molecule has 0 radical (unpaired) electrons. The van der Waals surface area contributed by atoms with E-state index in [2.05, 4.69) is 22.6 Å². The van der Waals surface area contributed by atoms with E-state index in [0.29, 0.717) is 12.1 Å². The molecule has 4 N–H and O–H groups in total. The molecule has 78 valence electrons. The van der Waals surface area contributed by atoms with Gasteiger partial charge in [-0.1, -0.05) is 6.42 Å². The smallest absolute Gasteiger partial charge is 0.0219 e. The van der Waals surface area contributed by atoms with Crippen LogP contribution in [0.4, 0.5) is 0 Å². The van der Waals surface area contributed by atoms with Crippen molar-refractivity contribution in [2.75, 3.05) is 6.54 Å². The number of aromatic amines is 1. The molecule has 0 spiro atoms. The van der Waals surface area contributed by atoms with E-state index in [9.17, 15) is 0 Å². The molecule has 0 amide bonds. The van der Waals surface area contributed by atoms with Crippen LogP contribution in [0, 0.1) is 0 Å². The summed E-state index contributed by atoms with van der Waals surface area (Å²) in [5.74, 6) is 0. The maximum Gasteiger partial charge on any atom is 0.0219 e. The van der Waals surface area contributed by atoms with Gasteiger partial charge < -0.3 is 16.0 Å². The summed E-state index contributed by atoms with van der Waals surface area (Å²) in [4.78, 5) is 3.06. The molecular weight excluding hydrogens is 174 g/mol. The molecule has 1 aliphatic rings. The van der Waals surface area contributed by atoms with Gasteiger partial charge in [0.2, 0.25) is 0 Å². The van der Waals surface area contributed by atoms with Crippen molar-refractivity contribution in [1.29, 1.82) is 0 Å². The van der Waals surface area contributed by atoms with Crippen LogP contribution in [0.3, 0.4) is 0 Å². The van der Waals surface area contributed by atoms with Gasteiger partial charge in [0.1, 0.15) is 0 Å². The second kappa shape index (κ2) is 4.62. The summed E-state index contributed by atoms with van der Waals surface area (Å²) in [6.45, 7) is 1.04. The number of rotatable bonds is 4. The zero-order chi connectivity index (χ0) is 9.80. The first-order valence-corrected chi connectivity index (χ1v) is 5.47. The van der Waals surface area contributed by atoms with Crippen LogP contribution in [-0.2, 0) is 6.42 Å². The predicted molar refractivity (Wildman–Crippen MR) is 58.1 cm³/mol. The van der Waals surface area contributed by atoms with Crippen molar-refractivity contribution < 1.29 is 0 Å². The normalized spacial score (nSPS) is 26.9. The molecule has 3 heteroatoms. The topological polar surface area (TPSA) is 53.8 Å². The van der Waals surface area contributed by atoms with E-state index >= 15 is 0 Å². The summed E-state index contributed by atoms with van der Waals surface area (Å²) in [5, 5.41) is 3.53. The number of nitrogens with two attached hydrogens (primary N) is 1. The Kier molecular flexibility index (Phi) is 3.22. The lowest BCUT2D eigenvalue weighted by Gasteiger charge is -2.16. The SMILES string of the molecule is NC1CCCC1NCCc1cc[nH]c1. The van der Waals surface area contributed by atoms with Crippen LogP contribution in [0.1, 0.15) is 24.8 Å². The van der Waals surface area contributed by atoms with Crippen molar-refractivity contribution in [3.05, 3.63) is 24.0 Å². The van der Waals surface area contributed by atoms with Crippen molar-refractivity contribution in [1.82, 2.24) is 10.3 Å². The Morgan fingerprint density at radius 3 is 3.07 bits per heavy atom. The second-order valence-corrected chi connectivity index (χ2v) is 4.12. The van der Waals surface area contributed by atoms with E-state index in [1.54, 1.807) is 0 Å². The minimum atomic E-state index is 0.376. The van der Waals surface area contributed by atoms with E-state index in [0.717, 1.165) is 13.0 Å². The third kappa shape index (κ3) is 2.36. The van der Waals surface area contributed by atoms with Crippen LogP contribution in [0.2, 0.25) is 0 Å². The summed E-state index contributed by atoms with van der Waals surface area (Å²) in [5.41, 5.74) is 7.33. The molecule has 0 aliphatic heterocycles. The van der Waals surface area contributed by atoms with Crippen LogP contribution in [-0.4, -0.2) is 23.6 Å². The highest BCUT2D eigenvalue weighted by Gasteiger charge is 2.22. The van der Waals surface area contributed by atoms with E-state index in [1.165, 1.54) is 24.8 Å². The van der Waals surface area contributed by atoms with E-state index in [-0.39, 0.29) is 0 Å². The van der Waals surface area contributed by atoms with Crippen molar-refractivity contribution in [3.8, 4) is 0 Å². The lowest BCUT2D eigenvalue weighted by Crippen LogP contribution is -2.41. The van der Waals surface area contributed by atoms with E-state index in [4.69, 9.17) is 5.73 Å². The molecule has 3 nitrogen and oxygen atoms in total. The van der Waals surface area contributed by atoms with Crippen molar-refractivity contribution >= 4 is 0 Å². The molecule has 1 heterocycles. The molecule has 0 aromatic carbocycles. The molecule has 1 saturated carbocycles. The average Bonchev–Trinajstić information content (AvgIpc) is 2.78. The quantitative estimate of drug-likeness (QED) is 0.669. The van der Waals surface area contributed by atoms with Gasteiger partial charge in [-0.25, -0.2) is 0 Å². The summed E-state index contributed by atoms with van der Waals surface area (Å²) >= 11 is 0. The summed E-state index contributed by atoms with van der Waals surface area (Å²) in [7, 11) is 0. The molecule has 0 bridgehead atoms. The molecule has 0 saturated heterocycles. The fraction of sp³-hybridized carbons (Fsp3) is 0.636. The van der Waals surface area contributed by atoms with E-state index in [1.807, 2.05) is 6.20 Å². The van der Waals surface area contributed by atoms with Crippen LogP contribution in [0.25, 0.3) is 0 Å². The first kappa shape index (κ1) is 9.74. The third-order valence-corrected chi connectivity index (χ3v) is 3.05. The molecule has 1 aromatic rings. The van der Waals surface area contributed by atoms with Crippen LogP contribution in [0.15, 0.2) is 18.5 Å². The third-order valence-electron chi connectivity index (χ3n) is 3.05. The number of aromatic nitrogens is 1. The summed E-state index contributed by atoms with van der Waals surface area (Å²) in [6, 6.07) is 3.05. The first-order valence-electron chi connectivity index (χ1n) is 5.47. The maximum atomic E-state index is 5.97. The highest BCUT2D eigenvalue weighted by molar-refractivity contribution is 5.08. The Bertz CT molecular complexity index is 256. The van der Waals surface area contributed by atoms with Crippen molar-refractivity contribution in [2.45, 2.75) is 37.8 Å². The zero-order valence-electron chi connectivity index (χ0n) is 8.50. The highest BCUT2D eigenvalue weighted by Crippen LogP contribution is 2.16. The molecule has 2 unspecified atom stereocenters. The molecule has 1 aromatic heterocycles. The molecule has 1 fully saturated rings. The van der Waals surface area contributed by atoms with Gasteiger partial charge in [-0.15, -0.1) is 0 Å². The fourth-order valence-electron chi connectivity index (χ4n) is 2.16. The zero-order valence-corrected chi connectivity index (χ0v) is 8.50. The van der Waals surface area contributed by atoms with Gasteiger partial charge in [0.25, 0.3) is 0 Å². The lowest BCUT2D eigenvalue weighted by molar-refractivity contribution is 0.479. The largest absolute Gasteiger partial charge is 0.367 e. The Morgan fingerprint density at radius 1 is 1.50 bits per heavy atom. The maximum absolute atomic E-state index is 5.97. The van der Waals surface area contributed by atoms with Crippen molar-refractivity contribution in [2.24, 2.45) is 5.73 Å². The standard InChI is InChI=1S/C11H19N3/c12-10-2-1-3-11(10)14-7-5-9-4-6-13-8-9/h4,6,8,10-11,13-14H,1-3,5,7,12H2. The summed E-state index contributed by atoms with van der Waals surface area (Å²) in [6.07, 6.45) is 8.82. The van der Waals surface area contributed by atoms with Gasteiger partial charge >= 0.3 is 0 Å². The Morgan fingerprint density at radius 2 is 2.43 bits per heavy atom. The Balaban J connectivity index is 1.68. The van der Waals surface area contributed by atoms with Crippen LogP contribution in [0.5, 0.6) is 0 Å². The lowest BCUT2D eigenvalue weighted by atomic mass is 10.1. The first-order chi connectivity index (χ1) is 6.86. The molecule has 2 rings (SSSR count). The number of nitrogens with one attached hydrogen (secondary N) is 2. The minimum Gasteiger partial charge on any atom is -0.367 e. The Labute approximate surface area is 85.1 Å². The van der Waals surface area contributed by atoms with Gasteiger partial charge in [-0.05, 0) is 37.4 Å². The molecule has 1 aliphatic carbocycles. The predicted octanol–water partition coefficient (Wildman–Crippen LogP) is 1.03. The van der Waals surface area contributed by atoms with Gasteiger partial charge in [0.05, 0.1) is 0 Å². The highest BCUT2D eigenvalue weighted by atomic mass is 15.0. The average molecular weight is 193 g/mol. The van der Waals surface area contributed by atoms with Crippen LogP contribution >= 0.6 is 0 Å². The van der Waals surface area contributed by atoms with Gasteiger partial charge in [0.15, 0.2) is 0 Å². The monoisotopic (exact) mass is 193 g/mol. The van der Waals surface area contributed by atoms with Crippen molar-refractivity contribution in [3.63, 3.8) is 0 Å². The summed E-state index contributed by atoms with van der Waals surface area (Å²) < 4.78 is 0. The van der Waals surface area contributed by atoms with E-state index < -0.39 is 0 Å². The molecular formula is C11H19N3. The Hall–Kier alpha value is -0.800. The fourth-order valence-corrected chi connectivity index (χ4v) is 2.16. The number of hydrogen-bond donors (Lipinski definition) is 3. The number of hydrogen-bond acceptors (Lipinski definition) is 2. The van der Waals surface area contributed by atoms with Crippen LogP contribution < -0.4 is 11.1 Å². The van der Waals surface area contributed by atoms with Gasteiger partial charge in [-0.2, -0.15) is 0 Å². The second-order valence-electron chi connectivity index (χ2n) is 4.12. The van der Waals surface area contributed by atoms with Gasteiger partial charge in [0, 0.05) is 24.5 Å². The van der Waals surface area contributed by atoms with Gasteiger partial charge in [-0.3, -0.25) is 0 Å². The number of H-pyrrole nitrogens is 1.